The summed E-state index contributed by atoms with van der Waals surface area (Å²) < 4.78 is 66.5. The van der Waals surface area contributed by atoms with Crippen LogP contribution in [-0.2, 0) is 11.3 Å². The summed E-state index contributed by atoms with van der Waals surface area (Å²) in [6.07, 6.45) is -5.53. The molecule has 0 radical (unpaired) electrons. The molecule has 0 saturated carbocycles. The van der Waals surface area contributed by atoms with E-state index in [1.807, 2.05) is 0 Å². The predicted octanol–water partition coefficient (Wildman–Crippen LogP) is 4.31. The Bertz CT molecular complexity index is 1040. The van der Waals surface area contributed by atoms with E-state index >= 15 is 0 Å². The Kier molecular flexibility index (Phi) is 8.16. The Morgan fingerprint density at radius 3 is 2.62 bits per heavy atom. The minimum Gasteiger partial charge on any atom is -0.355 e. The summed E-state index contributed by atoms with van der Waals surface area (Å²) in [5.74, 6) is -2.24. The van der Waals surface area contributed by atoms with Gasteiger partial charge in [-0.3, -0.25) is 9.59 Å². The van der Waals surface area contributed by atoms with Crippen molar-refractivity contribution in [2.75, 3.05) is 30.4 Å². The van der Waals surface area contributed by atoms with Crippen molar-refractivity contribution in [3.63, 3.8) is 0 Å². The molecule has 0 aromatic carbocycles. The molecule has 3 heterocycles. The number of nitrogens with zero attached hydrogens (tertiary/aromatic N) is 5. The van der Waals surface area contributed by atoms with Gasteiger partial charge >= 0.3 is 12.1 Å². The molecule has 15 heteroatoms. The van der Waals surface area contributed by atoms with E-state index in [0.717, 1.165) is 11.7 Å². The van der Waals surface area contributed by atoms with Crippen LogP contribution in [0.5, 0.6) is 0 Å². The lowest BCUT2D eigenvalue weighted by atomic mass is 10.1. The summed E-state index contributed by atoms with van der Waals surface area (Å²) in [4.78, 5) is 31.5. The van der Waals surface area contributed by atoms with E-state index in [1.54, 1.807) is 11.8 Å². The number of anilines is 2. The highest BCUT2D eigenvalue weighted by molar-refractivity contribution is 9.11. The lowest BCUT2D eigenvalue weighted by molar-refractivity contribution is -0.186. The second-order valence-corrected chi connectivity index (χ2v) is 10.2. The second-order valence-electron chi connectivity index (χ2n) is 7.77. The zero-order chi connectivity index (χ0) is 25.2. The number of hydrogen-bond donors (Lipinski definition) is 1. The SMILES string of the molecule is Cc1sc(Br)nc1C(=O)Nc1cnn(CC(F)F)c1N1CCC[C@@H](N(C)C(=O)C(F)(F)F)CC1. The van der Waals surface area contributed by atoms with Crippen LogP contribution < -0.4 is 10.2 Å². The average molecular weight is 573 g/mol. The quantitative estimate of drug-likeness (QED) is 0.522. The summed E-state index contributed by atoms with van der Waals surface area (Å²) in [6.45, 7) is 1.49. The van der Waals surface area contributed by atoms with E-state index in [2.05, 4.69) is 31.3 Å². The third-order valence-corrected chi connectivity index (χ3v) is 6.89. The van der Waals surface area contributed by atoms with E-state index in [9.17, 15) is 31.5 Å². The van der Waals surface area contributed by atoms with Gasteiger partial charge in [0.25, 0.3) is 12.3 Å². The Labute approximate surface area is 204 Å². The van der Waals surface area contributed by atoms with Crippen molar-refractivity contribution < 1.29 is 31.5 Å². The third kappa shape index (κ3) is 6.03. The van der Waals surface area contributed by atoms with Crippen LogP contribution >= 0.6 is 27.3 Å². The molecule has 1 aliphatic heterocycles. The summed E-state index contributed by atoms with van der Waals surface area (Å²) in [5, 5.41) is 6.66. The van der Waals surface area contributed by atoms with Crippen molar-refractivity contribution >= 4 is 50.6 Å². The van der Waals surface area contributed by atoms with Crippen LogP contribution in [0, 0.1) is 6.92 Å². The standard InChI is InChI=1S/C19H22BrF5N6O2S/c1-10-14(28-18(20)34-10)15(32)27-12-8-26-31(9-13(21)22)16(12)30-6-3-4-11(5-7-30)29(2)17(33)19(23,24)25/h8,11,13H,3-7,9H2,1-2H3,(H,27,32)/t11-/m1/s1. The van der Waals surface area contributed by atoms with Gasteiger partial charge in [-0.15, -0.1) is 11.3 Å². The topological polar surface area (TPSA) is 83.4 Å². The van der Waals surface area contributed by atoms with Crippen LogP contribution in [0.1, 0.15) is 34.6 Å². The molecule has 1 N–H and O–H groups in total. The minimum atomic E-state index is -4.98. The number of amides is 2. The first kappa shape index (κ1) is 26.3. The number of aromatic nitrogens is 3. The smallest absolute Gasteiger partial charge is 0.355 e. The van der Waals surface area contributed by atoms with Gasteiger partial charge in [-0.2, -0.15) is 18.3 Å². The van der Waals surface area contributed by atoms with E-state index in [1.165, 1.54) is 17.5 Å². The average Bonchev–Trinajstić information content (AvgIpc) is 3.17. The van der Waals surface area contributed by atoms with Gasteiger partial charge in [0.15, 0.2) is 9.73 Å². The number of aryl methyl sites for hydroxylation is 1. The molecule has 0 unspecified atom stereocenters. The second kappa shape index (κ2) is 10.5. The molecule has 1 aliphatic rings. The fraction of sp³-hybridized carbons (Fsp3) is 0.579. The molecule has 1 saturated heterocycles. The van der Waals surface area contributed by atoms with Crippen LogP contribution in [0.15, 0.2) is 10.1 Å². The number of carbonyl (C=O) groups is 2. The molecule has 2 aromatic heterocycles. The molecule has 0 aliphatic carbocycles. The van der Waals surface area contributed by atoms with E-state index in [-0.39, 0.29) is 30.2 Å². The lowest BCUT2D eigenvalue weighted by Gasteiger charge is -2.28. The molecule has 1 fully saturated rings. The van der Waals surface area contributed by atoms with Gasteiger partial charge < -0.3 is 15.1 Å². The third-order valence-electron chi connectivity index (χ3n) is 5.46. The van der Waals surface area contributed by atoms with E-state index in [0.29, 0.717) is 33.1 Å². The molecule has 1 atom stereocenters. The van der Waals surface area contributed by atoms with Crippen molar-refractivity contribution in [3.8, 4) is 0 Å². The van der Waals surface area contributed by atoms with Gasteiger partial charge in [0, 0.05) is 31.1 Å². The molecule has 34 heavy (non-hydrogen) atoms. The molecule has 188 valence electrons. The first-order chi connectivity index (χ1) is 15.9. The highest BCUT2D eigenvalue weighted by atomic mass is 79.9. The number of nitrogens with one attached hydrogen (secondary N) is 1. The molecule has 2 amide bonds. The normalized spacial score (nSPS) is 17.1. The monoisotopic (exact) mass is 572 g/mol. The Balaban J connectivity index is 1.83. The van der Waals surface area contributed by atoms with Crippen LogP contribution in [0.3, 0.4) is 0 Å². The molecule has 2 aromatic rings. The molecular weight excluding hydrogens is 551 g/mol. The Hall–Kier alpha value is -2.29. The van der Waals surface area contributed by atoms with Crippen molar-refractivity contribution in [1.82, 2.24) is 19.7 Å². The van der Waals surface area contributed by atoms with Crippen molar-refractivity contribution in [2.45, 2.75) is 51.4 Å². The number of rotatable bonds is 6. The van der Waals surface area contributed by atoms with E-state index < -0.39 is 37.0 Å². The summed E-state index contributed by atoms with van der Waals surface area (Å²) in [6, 6.07) is -0.668. The minimum absolute atomic E-state index is 0.174. The largest absolute Gasteiger partial charge is 0.471 e. The number of halogens is 6. The van der Waals surface area contributed by atoms with Crippen molar-refractivity contribution in [2.24, 2.45) is 0 Å². The molecule has 0 spiro atoms. The van der Waals surface area contributed by atoms with Gasteiger partial charge in [-0.25, -0.2) is 18.4 Å². The molecular formula is C19H22BrF5N6O2S. The van der Waals surface area contributed by atoms with Crippen molar-refractivity contribution in [1.29, 1.82) is 0 Å². The van der Waals surface area contributed by atoms with E-state index in [4.69, 9.17) is 0 Å². The van der Waals surface area contributed by atoms with Crippen LogP contribution in [-0.4, -0.2) is 70.3 Å². The van der Waals surface area contributed by atoms with Crippen molar-refractivity contribution in [3.05, 3.63) is 20.7 Å². The van der Waals surface area contributed by atoms with Gasteiger partial charge in [0.1, 0.15) is 17.9 Å². The zero-order valence-corrected chi connectivity index (χ0v) is 20.6. The fourth-order valence-electron chi connectivity index (χ4n) is 3.86. The van der Waals surface area contributed by atoms with Crippen LogP contribution in [0.25, 0.3) is 0 Å². The lowest BCUT2D eigenvalue weighted by Crippen LogP contribution is -2.45. The van der Waals surface area contributed by atoms with Gasteiger partial charge in [-0.1, -0.05) is 0 Å². The number of carbonyl (C=O) groups excluding carboxylic acids is 2. The van der Waals surface area contributed by atoms with Crippen LogP contribution in [0.4, 0.5) is 33.5 Å². The Morgan fingerprint density at radius 2 is 2.03 bits per heavy atom. The molecule has 8 nitrogen and oxygen atoms in total. The number of hydrogen-bond acceptors (Lipinski definition) is 6. The van der Waals surface area contributed by atoms with Gasteiger partial charge in [-0.05, 0) is 42.1 Å². The van der Waals surface area contributed by atoms with Crippen LogP contribution in [0.2, 0.25) is 0 Å². The summed E-state index contributed by atoms with van der Waals surface area (Å²) in [7, 11) is 1.11. The first-order valence-electron chi connectivity index (χ1n) is 10.3. The van der Waals surface area contributed by atoms with Gasteiger partial charge in [0.05, 0.1) is 6.20 Å². The fourth-order valence-corrected chi connectivity index (χ4v) is 5.40. The summed E-state index contributed by atoms with van der Waals surface area (Å²) >= 11 is 4.48. The Morgan fingerprint density at radius 1 is 1.32 bits per heavy atom. The maximum atomic E-state index is 13.2. The molecule has 0 bridgehead atoms. The number of thiazole rings is 1. The highest BCUT2D eigenvalue weighted by Crippen LogP contribution is 2.31. The van der Waals surface area contributed by atoms with Gasteiger partial charge in [0.2, 0.25) is 0 Å². The maximum Gasteiger partial charge on any atom is 0.471 e. The zero-order valence-electron chi connectivity index (χ0n) is 18.2. The highest BCUT2D eigenvalue weighted by Gasteiger charge is 2.43. The number of alkyl halides is 5. The summed E-state index contributed by atoms with van der Waals surface area (Å²) in [5.41, 5.74) is 0.361. The molecule has 3 rings (SSSR count). The first-order valence-corrected chi connectivity index (χ1v) is 11.9. The maximum absolute atomic E-state index is 13.2. The predicted molar refractivity (Wildman–Crippen MR) is 119 cm³/mol.